The highest BCUT2D eigenvalue weighted by Crippen LogP contribution is 2.13. The molecule has 0 aliphatic rings. The van der Waals surface area contributed by atoms with Crippen molar-refractivity contribution >= 4 is 34.6 Å². The van der Waals surface area contributed by atoms with Gasteiger partial charge in [0.25, 0.3) is 0 Å². The summed E-state index contributed by atoms with van der Waals surface area (Å²) < 4.78 is 0. The normalized spacial score (nSPS) is 9.40. The Morgan fingerprint density at radius 3 is 2.13 bits per heavy atom. The second-order valence-corrected chi connectivity index (χ2v) is 3.41. The van der Waals surface area contributed by atoms with Crippen LogP contribution in [-0.4, -0.2) is 11.0 Å². The van der Waals surface area contributed by atoms with Crippen molar-refractivity contribution in [3.05, 3.63) is 24.3 Å². The Labute approximate surface area is 93.9 Å². The predicted octanol–water partition coefficient (Wildman–Crippen LogP) is 1.69. The fraction of sp³-hybridized carbons (Fsp3) is 0.200. The summed E-state index contributed by atoms with van der Waals surface area (Å²) in [6, 6.07) is 7.16. The number of hydrogen-bond donors (Lipinski definition) is 3. The van der Waals surface area contributed by atoms with Gasteiger partial charge in [-0.3, -0.25) is 4.79 Å². The van der Waals surface area contributed by atoms with Crippen molar-refractivity contribution in [3.63, 3.8) is 0 Å². The number of benzene rings is 1. The van der Waals surface area contributed by atoms with Crippen LogP contribution in [0.4, 0.5) is 11.4 Å². The van der Waals surface area contributed by atoms with E-state index in [1.807, 2.05) is 0 Å². The average molecular weight is 223 g/mol. The van der Waals surface area contributed by atoms with Gasteiger partial charge in [0.05, 0.1) is 0 Å². The molecule has 0 aliphatic heterocycles. The molecule has 15 heavy (non-hydrogen) atoms. The zero-order chi connectivity index (χ0) is 11.3. The highest BCUT2D eigenvalue weighted by Gasteiger charge is 1.98. The summed E-state index contributed by atoms with van der Waals surface area (Å²) in [7, 11) is 0. The third-order valence-corrected chi connectivity index (χ3v) is 1.86. The second-order valence-electron chi connectivity index (χ2n) is 2.97. The van der Waals surface area contributed by atoms with E-state index in [0.29, 0.717) is 6.42 Å². The van der Waals surface area contributed by atoms with Crippen LogP contribution in [0.15, 0.2) is 24.3 Å². The van der Waals surface area contributed by atoms with Gasteiger partial charge in [-0.15, -0.1) is 0 Å². The highest BCUT2D eigenvalue weighted by molar-refractivity contribution is 7.80. The Balaban J connectivity index is 2.64. The molecule has 1 rings (SSSR count). The molecule has 0 atom stereocenters. The molecule has 0 unspecified atom stereocenters. The van der Waals surface area contributed by atoms with Crippen molar-refractivity contribution in [2.24, 2.45) is 5.73 Å². The van der Waals surface area contributed by atoms with E-state index in [-0.39, 0.29) is 11.0 Å². The van der Waals surface area contributed by atoms with Gasteiger partial charge in [0.15, 0.2) is 5.11 Å². The first-order chi connectivity index (χ1) is 7.11. The van der Waals surface area contributed by atoms with E-state index >= 15 is 0 Å². The zero-order valence-corrected chi connectivity index (χ0v) is 9.23. The van der Waals surface area contributed by atoms with Gasteiger partial charge in [-0.05, 0) is 36.5 Å². The molecule has 4 nitrogen and oxygen atoms in total. The summed E-state index contributed by atoms with van der Waals surface area (Å²) >= 11 is 4.70. The van der Waals surface area contributed by atoms with Crippen molar-refractivity contribution in [3.8, 4) is 0 Å². The molecule has 1 aromatic carbocycles. The van der Waals surface area contributed by atoms with Crippen LogP contribution in [0.5, 0.6) is 0 Å². The molecule has 80 valence electrons. The maximum atomic E-state index is 11.1. The largest absolute Gasteiger partial charge is 0.376 e. The summed E-state index contributed by atoms with van der Waals surface area (Å²) in [5.41, 5.74) is 6.88. The third-order valence-electron chi connectivity index (χ3n) is 1.76. The molecular formula is C10H13N3OS. The minimum Gasteiger partial charge on any atom is -0.376 e. The lowest BCUT2D eigenvalue weighted by atomic mass is 10.2. The Bertz CT molecular complexity index is 361. The highest BCUT2D eigenvalue weighted by atomic mass is 32.1. The summed E-state index contributed by atoms with van der Waals surface area (Å²) in [5, 5.41) is 5.76. The molecule has 0 aromatic heterocycles. The standard InChI is InChI=1S/C10H13N3OS/c1-2-9(14)12-7-3-5-8(6-4-7)13-10(11)15/h3-6H,2H2,1H3,(H,12,14)(H3,11,13,15). The quantitative estimate of drug-likeness (QED) is 0.682. The molecule has 0 bridgehead atoms. The summed E-state index contributed by atoms with van der Waals surface area (Å²) in [6.07, 6.45) is 0.465. The van der Waals surface area contributed by atoms with E-state index in [0.717, 1.165) is 11.4 Å². The molecule has 1 aromatic rings. The van der Waals surface area contributed by atoms with Gasteiger partial charge in [-0.25, -0.2) is 0 Å². The first kappa shape index (κ1) is 11.5. The van der Waals surface area contributed by atoms with Crippen LogP contribution in [-0.2, 0) is 4.79 Å². The molecular weight excluding hydrogens is 210 g/mol. The number of hydrogen-bond acceptors (Lipinski definition) is 2. The van der Waals surface area contributed by atoms with Crippen molar-refractivity contribution < 1.29 is 4.79 Å². The van der Waals surface area contributed by atoms with Crippen LogP contribution in [0.1, 0.15) is 13.3 Å². The topological polar surface area (TPSA) is 67.2 Å². The number of carbonyl (C=O) groups is 1. The van der Waals surface area contributed by atoms with Gasteiger partial charge in [0.2, 0.25) is 5.91 Å². The number of amides is 1. The molecule has 0 spiro atoms. The Morgan fingerprint density at radius 1 is 1.27 bits per heavy atom. The number of rotatable bonds is 3. The minimum absolute atomic E-state index is 0.00921. The summed E-state index contributed by atoms with van der Waals surface area (Å²) in [4.78, 5) is 11.1. The van der Waals surface area contributed by atoms with Crippen LogP contribution < -0.4 is 16.4 Å². The number of carbonyl (C=O) groups excluding carboxylic acids is 1. The molecule has 0 heterocycles. The van der Waals surface area contributed by atoms with E-state index in [1.165, 1.54) is 0 Å². The molecule has 0 fully saturated rings. The van der Waals surface area contributed by atoms with Gasteiger partial charge in [-0.1, -0.05) is 6.92 Å². The number of thiocarbonyl (C=S) groups is 1. The Kier molecular flexibility index (Phi) is 4.05. The molecule has 5 heteroatoms. The second kappa shape index (κ2) is 5.31. The summed E-state index contributed by atoms with van der Waals surface area (Å²) in [5.74, 6) is -0.00921. The molecule has 0 radical (unpaired) electrons. The van der Waals surface area contributed by atoms with Crippen LogP contribution in [0.2, 0.25) is 0 Å². The van der Waals surface area contributed by atoms with E-state index in [9.17, 15) is 4.79 Å². The van der Waals surface area contributed by atoms with Crippen molar-refractivity contribution in [1.82, 2.24) is 0 Å². The van der Waals surface area contributed by atoms with Crippen molar-refractivity contribution in [2.75, 3.05) is 10.6 Å². The van der Waals surface area contributed by atoms with E-state index in [4.69, 9.17) is 18.0 Å². The molecule has 0 saturated heterocycles. The minimum atomic E-state index is -0.00921. The van der Waals surface area contributed by atoms with Gasteiger partial charge in [0.1, 0.15) is 0 Å². The monoisotopic (exact) mass is 223 g/mol. The fourth-order valence-corrected chi connectivity index (χ4v) is 1.15. The lowest BCUT2D eigenvalue weighted by molar-refractivity contribution is -0.115. The van der Waals surface area contributed by atoms with Gasteiger partial charge >= 0.3 is 0 Å². The first-order valence-corrected chi connectivity index (χ1v) is 4.99. The van der Waals surface area contributed by atoms with Crippen LogP contribution in [0.25, 0.3) is 0 Å². The molecule has 1 amide bonds. The lowest BCUT2D eigenvalue weighted by Crippen LogP contribution is -2.18. The first-order valence-electron chi connectivity index (χ1n) is 4.58. The van der Waals surface area contributed by atoms with E-state index in [2.05, 4.69) is 10.6 Å². The third kappa shape index (κ3) is 3.95. The van der Waals surface area contributed by atoms with Gasteiger partial charge in [-0.2, -0.15) is 0 Å². The van der Waals surface area contributed by atoms with Crippen LogP contribution >= 0.6 is 12.2 Å². The maximum absolute atomic E-state index is 11.1. The number of nitrogens with two attached hydrogens (primary N) is 1. The van der Waals surface area contributed by atoms with E-state index < -0.39 is 0 Å². The molecule has 4 N–H and O–H groups in total. The van der Waals surface area contributed by atoms with Crippen LogP contribution in [0.3, 0.4) is 0 Å². The number of nitrogens with one attached hydrogen (secondary N) is 2. The van der Waals surface area contributed by atoms with Gasteiger partial charge in [0, 0.05) is 17.8 Å². The zero-order valence-electron chi connectivity index (χ0n) is 8.41. The average Bonchev–Trinajstić information content (AvgIpc) is 2.20. The van der Waals surface area contributed by atoms with Crippen molar-refractivity contribution in [1.29, 1.82) is 0 Å². The van der Waals surface area contributed by atoms with E-state index in [1.54, 1.807) is 31.2 Å². The predicted molar refractivity (Wildman–Crippen MR) is 65.8 cm³/mol. The SMILES string of the molecule is CCC(=O)Nc1ccc(NC(N)=S)cc1. The Morgan fingerprint density at radius 2 is 1.73 bits per heavy atom. The fourth-order valence-electron chi connectivity index (χ4n) is 1.03. The summed E-state index contributed by atoms with van der Waals surface area (Å²) in [6.45, 7) is 1.80. The molecule has 0 aliphatic carbocycles. The van der Waals surface area contributed by atoms with Crippen LogP contribution in [0, 0.1) is 0 Å². The maximum Gasteiger partial charge on any atom is 0.224 e. The van der Waals surface area contributed by atoms with Gasteiger partial charge < -0.3 is 16.4 Å². The number of anilines is 2. The Hall–Kier alpha value is -1.62. The van der Waals surface area contributed by atoms with Crippen molar-refractivity contribution in [2.45, 2.75) is 13.3 Å². The lowest BCUT2D eigenvalue weighted by Gasteiger charge is -2.06. The molecule has 0 saturated carbocycles. The smallest absolute Gasteiger partial charge is 0.224 e.